The molecule has 0 atom stereocenters. The minimum absolute atomic E-state index is 0.123. The van der Waals surface area contributed by atoms with E-state index in [1.54, 1.807) is 0 Å². The van der Waals surface area contributed by atoms with Crippen LogP contribution in [-0.4, -0.2) is 18.7 Å². The number of benzene rings is 2. The van der Waals surface area contributed by atoms with Crippen molar-refractivity contribution in [3.05, 3.63) is 92.5 Å². The van der Waals surface area contributed by atoms with E-state index in [2.05, 4.69) is 109 Å². The number of nitrogens with zero attached hydrogens (tertiary/aromatic N) is 4. The molecule has 4 nitrogen and oxygen atoms in total. The molecule has 0 amide bonds. The molecular weight excluding hydrogens is 444 g/mol. The second-order valence-electron chi connectivity index (χ2n) is 9.13. The standard InChI is InChI=1S/C27H32N4S2/c1-18(2)17-23(24-19(3)28(5)30(26(24)32)21-13-9-7-10-14-21)25-20(4)29(6)31(27(25)33)22-15-11-8-12-16-22/h7-16,18,23H,17H2,1-6H3. The lowest BCUT2D eigenvalue weighted by atomic mass is 9.85. The Hall–Kier alpha value is -2.70. The summed E-state index contributed by atoms with van der Waals surface area (Å²) in [5.74, 6) is 0.616. The van der Waals surface area contributed by atoms with E-state index >= 15 is 0 Å². The fourth-order valence-corrected chi connectivity index (χ4v) is 5.87. The Labute approximate surface area is 206 Å². The molecule has 0 saturated heterocycles. The van der Waals surface area contributed by atoms with Crippen LogP contribution in [0, 0.1) is 29.0 Å². The van der Waals surface area contributed by atoms with Crippen molar-refractivity contribution >= 4 is 24.4 Å². The van der Waals surface area contributed by atoms with E-state index in [0.717, 1.165) is 27.1 Å². The third-order valence-corrected chi connectivity index (χ3v) is 7.39. The highest BCUT2D eigenvalue weighted by atomic mass is 32.1. The van der Waals surface area contributed by atoms with Gasteiger partial charge in [-0.1, -0.05) is 74.7 Å². The maximum atomic E-state index is 6.13. The molecule has 0 aliphatic rings. The summed E-state index contributed by atoms with van der Waals surface area (Å²) in [5.41, 5.74) is 6.91. The zero-order valence-corrected chi connectivity index (χ0v) is 21.9. The molecule has 0 fully saturated rings. The van der Waals surface area contributed by atoms with Crippen molar-refractivity contribution in [2.24, 2.45) is 20.0 Å². The topological polar surface area (TPSA) is 19.7 Å². The van der Waals surface area contributed by atoms with Gasteiger partial charge >= 0.3 is 0 Å². The molecule has 0 bridgehead atoms. The summed E-state index contributed by atoms with van der Waals surface area (Å²) in [7, 11) is 4.18. The monoisotopic (exact) mass is 476 g/mol. The van der Waals surface area contributed by atoms with Crippen LogP contribution in [0.4, 0.5) is 0 Å². The summed E-state index contributed by atoms with van der Waals surface area (Å²) in [6.45, 7) is 8.88. The van der Waals surface area contributed by atoms with Gasteiger partial charge in [-0.25, -0.2) is 9.36 Å². The summed E-state index contributed by atoms with van der Waals surface area (Å²) < 4.78 is 10.3. The summed E-state index contributed by atoms with van der Waals surface area (Å²) in [5, 5.41) is 0. The van der Waals surface area contributed by atoms with Crippen molar-refractivity contribution in [3.8, 4) is 11.4 Å². The van der Waals surface area contributed by atoms with E-state index in [-0.39, 0.29) is 5.92 Å². The second-order valence-corrected chi connectivity index (χ2v) is 9.91. The summed E-state index contributed by atoms with van der Waals surface area (Å²) in [6.07, 6.45) is 0.979. The van der Waals surface area contributed by atoms with Crippen LogP contribution in [0.5, 0.6) is 0 Å². The molecule has 172 valence electrons. The van der Waals surface area contributed by atoms with Crippen LogP contribution in [0.25, 0.3) is 11.4 Å². The van der Waals surface area contributed by atoms with Crippen LogP contribution in [0.3, 0.4) is 0 Å². The maximum Gasteiger partial charge on any atom is 0.131 e. The second kappa shape index (κ2) is 9.27. The Bertz CT molecular complexity index is 1280. The van der Waals surface area contributed by atoms with Gasteiger partial charge in [0.25, 0.3) is 0 Å². The molecule has 2 heterocycles. The first kappa shape index (κ1) is 23.5. The highest BCUT2D eigenvalue weighted by Crippen LogP contribution is 2.38. The van der Waals surface area contributed by atoms with Crippen molar-refractivity contribution in [3.63, 3.8) is 0 Å². The van der Waals surface area contributed by atoms with Gasteiger partial charge < -0.3 is 0 Å². The minimum atomic E-state index is 0.123. The van der Waals surface area contributed by atoms with Crippen LogP contribution in [-0.2, 0) is 14.1 Å². The fourth-order valence-electron chi connectivity index (χ4n) is 4.83. The Morgan fingerprint density at radius 1 is 0.667 bits per heavy atom. The molecule has 4 rings (SSSR count). The van der Waals surface area contributed by atoms with Crippen LogP contribution in [0.1, 0.15) is 48.7 Å². The van der Waals surface area contributed by atoms with Gasteiger partial charge in [-0.3, -0.25) is 9.36 Å². The van der Waals surface area contributed by atoms with E-state index in [1.807, 2.05) is 12.1 Å². The van der Waals surface area contributed by atoms with Crippen molar-refractivity contribution in [2.45, 2.75) is 40.0 Å². The SMILES string of the molecule is Cc1c(C(CC(C)C)c2c(C)n(C)n(-c3ccccc3)c2=S)c(=S)n(-c2ccccc2)n1C. The first-order valence-corrected chi connectivity index (χ1v) is 12.2. The zero-order chi connectivity index (χ0) is 23.9. The molecule has 0 N–H and O–H groups in total. The molecule has 6 heteroatoms. The van der Waals surface area contributed by atoms with E-state index in [4.69, 9.17) is 24.4 Å². The van der Waals surface area contributed by atoms with Gasteiger partial charge in [0.1, 0.15) is 9.28 Å². The van der Waals surface area contributed by atoms with Crippen LogP contribution in [0.2, 0.25) is 0 Å². The smallest absolute Gasteiger partial charge is 0.131 e. The van der Waals surface area contributed by atoms with Gasteiger partial charge in [-0.15, -0.1) is 0 Å². The molecule has 0 unspecified atom stereocenters. The van der Waals surface area contributed by atoms with E-state index in [1.165, 1.54) is 22.5 Å². The molecule has 0 aliphatic heterocycles. The molecule has 33 heavy (non-hydrogen) atoms. The van der Waals surface area contributed by atoms with E-state index in [9.17, 15) is 0 Å². The van der Waals surface area contributed by atoms with Crippen LogP contribution < -0.4 is 0 Å². The van der Waals surface area contributed by atoms with Crippen molar-refractivity contribution in [1.29, 1.82) is 0 Å². The Morgan fingerprint density at radius 3 is 1.36 bits per heavy atom. The quantitative estimate of drug-likeness (QED) is 0.274. The molecular formula is C27H32N4S2. The third-order valence-electron chi connectivity index (χ3n) is 6.60. The first-order valence-electron chi connectivity index (χ1n) is 11.4. The lowest BCUT2D eigenvalue weighted by molar-refractivity contribution is 0.536. The predicted octanol–water partition coefficient (Wildman–Crippen LogP) is 7.20. The lowest BCUT2D eigenvalue weighted by Crippen LogP contribution is -2.09. The summed E-state index contributed by atoms with van der Waals surface area (Å²) in [6, 6.07) is 20.7. The highest BCUT2D eigenvalue weighted by molar-refractivity contribution is 7.71. The average Bonchev–Trinajstić information content (AvgIpc) is 3.15. The maximum absolute atomic E-state index is 6.13. The Kier molecular flexibility index (Phi) is 6.59. The fraction of sp³-hybridized carbons (Fsp3) is 0.333. The number of hydrogen-bond acceptors (Lipinski definition) is 2. The van der Waals surface area contributed by atoms with E-state index in [0.29, 0.717) is 5.92 Å². The molecule has 0 saturated carbocycles. The lowest BCUT2D eigenvalue weighted by Gasteiger charge is -2.19. The van der Waals surface area contributed by atoms with Crippen LogP contribution >= 0.6 is 24.4 Å². The third kappa shape index (κ3) is 4.06. The molecule has 2 aromatic heterocycles. The molecule has 2 aromatic carbocycles. The van der Waals surface area contributed by atoms with E-state index < -0.39 is 0 Å². The van der Waals surface area contributed by atoms with Gasteiger partial charge in [-0.05, 0) is 50.5 Å². The predicted molar refractivity (Wildman–Crippen MR) is 142 cm³/mol. The number of rotatable bonds is 6. The van der Waals surface area contributed by atoms with Crippen LogP contribution in [0.15, 0.2) is 60.7 Å². The number of aromatic nitrogens is 4. The van der Waals surface area contributed by atoms with Gasteiger partial charge in [0.2, 0.25) is 0 Å². The Morgan fingerprint density at radius 2 is 1.03 bits per heavy atom. The van der Waals surface area contributed by atoms with Gasteiger partial charge in [0.05, 0.1) is 11.4 Å². The van der Waals surface area contributed by atoms with Crippen molar-refractivity contribution in [2.75, 3.05) is 0 Å². The normalized spacial score (nSPS) is 11.6. The number of hydrogen-bond donors (Lipinski definition) is 0. The minimum Gasteiger partial charge on any atom is -0.287 e. The average molecular weight is 477 g/mol. The molecule has 4 aromatic rings. The van der Waals surface area contributed by atoms with Crippen molar-refractivity contribution < 1.29 is 0 Å². The Balaban J connectivity index is 1.98. The van der Waals surface area contributed by atoms with Crippen molar-refractivity contribution in [1.82, 2.24) is 18.7 Å². The van der Waals surface area contributed by atoms with Gasteiger partial charge in [-0.2, -0.15) is 0 Å². The van der Waals surface area contributed by atoms with Gasteiger partial charge in [0, 0.05) is 42.5 Å². The largest absolute Gasteiger partial charge is 0.287 e. The zero-order valence-electron chi connectivity index (χ0n) is 20.2. The molecule has 0 spiro atoms. The first-order chi connectivity index (χ1) is 15.7. The van der Waals surface area contributed by atoms with Gasteiger partial charge in [0.15, 0.2) is 0 Å². The summed E-state index contributed by atoms with van der Waals surface area (Å²) in [4.78, 5) is 0. The number of para-hydroxylation sites is 2. The molecule has 0 aliphatic carbocycles. The highest BCUT2D eigenvalue weighted by Gasteiger charge is 2.29. The molecule has 0 radical (unpaired) electrons. The summed E-state index contributed by atoms with van der Waals surface area (Å²) >= 11 is 12.3.